The van der Waals surface area contributed by atoms with E-state index in [4.69, 9.17) is 14.8 Å². The van der Waals surface area contributed by atoms with Crippen LogP contribution < -0.4 is 0 Å². The fraction of sp³-hybridized carbons (Fsp3) is 0.333. The molecule has 0 aromatic carbocycles. The Bertz CT molecular complexity index is 261. The fourth-order valence-corrected chi connectivity index (χ4v) is 0.572. The monoisotopic (exact) mass is 138 g/mol. The molecule has 0 bridgehead atoms. The quantitative estimate of drug-likeness (QED) is 0.575. The average molecular weight is 138 g/mol. The van der Waals surface area contributed by atoms with Crippen LogP contribution in [0.3, 0.4) is 0 Å². The Balaban J connectivity index is 2.87. The van der Waals surface area contributed by atoms with Gasteiger partial charge in [-0.25, -0.2) is 4.98 Å². The molecular formula is C6H6N2O2. The van der Waals surface area contributed by atoms with Crippen LogP contribution in [0.15, 0.2) is 10.7 Å². The van der Waals surface area contributed by atoms with Crippen molar-refractivity contribution in [1.82, 2.24) is 4.98 Å². The molecule has 1 heterocycles. The Labute approximate surface area is 57.7 Å². The third kappa shape index (κ3) is 1.14. The highest BCUT2D eigenvalue weighted by Crippen LogP contribution is 2.09. The summed E-state index contributed by atoms with van der Waals surface area (Å²) in [6, 6.07) is 1.63. The van der Waals surface area contributed by atoms with Crippen molar-refractivity contribution in [3.05, 3.63) is 17.8 Å². The Morgan fingerprint density at radius 3 is 3.00 bits per heavy atom. The highest BCUT2D eigenvalue weighted by Gasteiger charge is 2.09. The molecule has 4 nitrogen and oxygen atoms in total. The van der Waals surface area contributed by atoms with Gasteiger partial charge >= 0.3 is 0 Å². The van der Waals surface area contributed by atoms with E-state index in [-0.39, 0.29) is 5.69 Å². The van der Waals surface area contributed by atoms with Gasteiger partial charge in [-0.2, -0.15) is 5.26 Å². The third-order valence-corrected chi connectivity index (χ3v) is 1.04. The van der Waals surface area contributed by atoms with Crippen molar-refractivity contribution in [2.75, 3.05) is 0 Å². The fourth-order valence-electron chi connectivity index (χ4n) is 0.572. The molecule has 0 aliphatic rings. The topological polar surface area (TPSA) is 70.1 Å². The molecule has 4 heteroatoms. The lowest BCUT2D eigenvalue weighted by Crippen LogP contribution is -1.92. The van der Waals surface area contributed by atoms with Gasteiger partial charge in [0.05, 0.1) is 0 Å². The van der Waals surface area contributed by atoms with E-state index in [1.54, 1.807) is 13.0 Å². The van der Waals surface area contributed by atoms with E-state index in [1.807, 2.05) is 0 Å². The van der Waals surface area contributed by atoms with Gasteiger partial charge in [0.2, 0.25) is 0 Å². The molecule has 1 aromatic rings. The number of rotatable bonds is 1. The van der Waals surface area contributed by atoms with Gasteiger partial charge < -0.3 is 9.52 Å². The largest absolute Gasteiger partial charge is 0.449 e. The minimum absolute atomic E-state index is 0.264. The van der Waals surface area contributed by atoms with Crippen LogP contribution in [0.5, 0.6) is 0 Å². The maximum atomic E-state index is 8.86. The zero-order valence-corrected chi connectivity index (χ0v) is 5.40. The van der Waals surface area contributed by atoms with Crippen LogP contribution in [0.2, 0.25) is 0 Å². The van der Waals surface area contributed by atoms with Gasteiger partial charge in [0.1, 0.15) is 18.0 Å². The minimum Gasteiger partial charge on any atom is -0.449 e. The number of hydrogen-bond donors (Lipinski definition) is 1. The lowest BCUT2D eigenvalue weighted by molar-refractivity contribution is 0.230. The Morgan fingerprint density at radius 1 is 1.90 bits per heavy atom. The van der Waals surface area contributed by atoms with Crippen molar-refractivity contribution >= 4 is 0 Å². The highest BCUT2D eigenvalue weighted by atomic mass is 16.3. The van der Waals surface area contributed by atoms with E-state index < -0.39 is 6.10 Å². The average Bonchev–Trinajstić information content (AvgIpc) is 2.34. The molecule has 52 valence electrons. The third-order valence-electron chi connectivity index (χ3n) is 1.04. The predicted molar refractivity (Wildman–Crippen MR) is 31.8 cm³/mol. The van der Waals surface area contributed by atoms with Gasteiger partial charge in [-0.3, -0.25) is 0 Å². The number of aryl methyl sites for hydroxylation is 1. The standard InChI is InChI=1S/C6H6N2O2/c1-4-8-5(3-10-4)6(9)2-7/h3,6,9H,1H3. The summed E-state index contributed by atoms with van der Waals surface area (Å²) in [6.45, 7) is 1.65. The summed E-state index contributed by atoms with van der Waals surface area (Å²) in [5.41, 5.74) is 0.264. The predicted octanol–water partition coefficient (Wildman–Crippen LogP) is 0.540. The molecule has 0 fully saturated rings. The maximum Gasteiger partial charge on any atom is 0.191 e. The summed E-state index contributed by atoms with van der Waals surface area (Å²) >= 11 is 0. The number of oxazole rings is 1. The van der Waals surface area contributed by atoms with Crippen LogP contribution >= 0.6 is 0 Å². The molecule has 0 aliphatic carbocycles. The molecule has 10 heavy (non-hydrogen) atoms. The van der Waals surface area contributed by atoms with Gasteiger partial charge in [-0.05, 0) is 0 Å². The molecule has 1 aromatic heterocycles. The first kappa shape index (κ1) is 6.78. The van der Waals surface area contributed by atoms with Crippen molar-refractivity contribution in [3.8, 4) is 6.07 Å². The molecule has 1 atom stereocenters. The first-order valence-electron chi connectivity index (χ1n) is 2.73. The number of nitriles is 1. The summed E-state index contributed by atoms with van der Waals surface area (Å²) in [5.74, 6) is 0.448. The number of aromatic nitrogens is 1. The molecule has 1 N–H and O–H groups in total. The lowest BCUT2D eigenvalue weighted by atomic mass is 10.3. The maximum absolute atomic E-state index is 8.86. The summed E-state index contributed by atoms with van der Waals surface area (Å²) < 4.78 is 4.77. The second-order valence-corrected chi connectivity index (χ2v) is 1.82. The van der Waals surface area contributed by atoms with Crippen molar-refractivity contribution in [2.24, 2.45) is 0 Å². The molecule has 0 radical (unpaired) electrons. The van der Waals surface area contributed by atoms with Crippen LogP contribution in [0.1, 0.15) is 17.7 Å². The molecule has 1 rings (SSSR count). The molecule has 0 spiro atoms. The summed E-state index contributed by atoms with van der Waals surface area (Å²) in [5, 5.41) is 17.1. The smallest absolute Gasteiger partial charge is 0.191 e. The van der Waals surface area contributed by atoms with Crippen LogP contribution in [-0.2, 0) is 0 Å². The van der Waals surface area contributed by atoms with Gasteiger partial charge in [0.25, 0.3) is 0 Å². The van der Waals surface area contributed by atoms with Crippen molar-refractivity contribution < 1.29 is 9.52 Å². The summed E-state index contributed by atoms with van der Waals surface area (Å²) in [6.07, 6.45) is 0.0981. The second kappa shape index (κ2) is 2.50. The van der Waals surface area contributed by atoms with E-state index >= 15 is 0 Å². The first-order chi connectivity index (χ1) is 4.74. The SMILES string of the molecule is Cc1nc(C(O)C#N)co1. The Morgan fingerprint density at radius 2 is 2.60 bits per heavy atom. The molecule has 0 saturated heterocycles. The van der Waals surface area contributed by atoms with Crippen LogP contribution in [-0.4, -0.2) is 10.1 Å². The Hall–Kier alpha value is -1.34. The zero-order chi connectivity index (χ0) is 7.56. The van der Waals surface area contributed by atoms with Gasteiger partial charge in [-0.15, -0.1) is 0 Å². The van der Waals surface area contributed by atoms with Crippen molar-refractivity contribution in [1.29, 1.82) is 5.26 Å². The van der Waals surface area contributed by atoms with E-state index in [9.17, 15) is 0 Å². The van der Waals surface area contributed by atoms with Crippen LogP contribution in [0.4, 0.5) is 0 Å². The van der Waals surface area contributed by atoms with Crippen molar-refractivity contribution in [2.45, 2.75) is 13.0 Å². The zero-order valence-electron chi connectivity index (χ0n) is 5.40. The number of aliphatic hydroxyl groups is 1. The Kier molecular flexibility index (Phi) is 1.69. The van der Waals surface area contributed by atoms with Crippen LogP contribution in [0.25, 0.3) is 0 Å². The highest BCUT2D eigenvalue weighted by molar-refractivity contribution is 5.07. The molecule has 1 unspecified atom stereocenters. The van der Waals surface area contributed by atoms with E-state index in [1.165, 1.54) is 6.26 Å². The van der Waals surface area contributed by atoms with Crippen LogP contribution in [0, 0.1) is 18.3 Å². The summed E-state index contributed by atoms with van der Waals surface area (Å²) in [4.78, 5) is 3.74. The number of aliphatic hydroxyl groups excluding tert-OH is 1. The molecule has 0 amide bonds. The van der Waals surface area contributed by atoms with Gasteiger partial charge in [-0.1, -0.05) is 0 Å². The van der Waals surface area contributed by atoms with Gasteiger partial charge in [0, 0.05) is 6.92 Å². The lowest BCUT2D eigenvalue weighted by Gasteiger charge is -1.89. The number of hydrogen-bond acceptors (Lipinski definition) is 4. The first-order valence-corrected chi connectivity index (χ1v) is 2.73. The van der Waals surface area contributed by atoms with E-state index in [0.717, 1.165) is 0 Å². The van der Waals surface area contributed by atoms with Crippen molar-refractivity contribution in [3.63, 3.8) is 0 Å². The molecule has 0 saturated carbocycles. The molecular weight excluding hydrogens is 132 g/mol. The molecule has 0 aliphatic heterocycles. The minimum atomic E-state index is -1.17. The van der Waals surface area contributed by atoms with E-state index in [0.29, 0.717) is 5.89 Å². The normalized spacial score (nSPS) is 12.5. The second-order valence-electron chi connectivity index (χ2n) is 1.82. The number of nitrogens with zero attached hydrogens (tertiary/aromatic N) is 2. The van der Waals surface area contributed by atoms with E-state index in [2.05, 4.69) is 4.98 Å². The van der Waals surface area contributed by atoms with Gasteiger partial charge in [0.15, 0.2) is 12.0 Å². The summed E-state index contributed by atoms with van der Waals surface area (Å²) in [7, 11) is 0.